The highest BCUT2D eigenvalue weighted by molar-refractivity contribution is 5.71. The van der Waals surface area contributed by atoms with Gasteiger partial charge in [0.25, 0.3) is 0 Å². The lowest BCUT2D eigenvalue weighted by molar-refractivity contribution is -0.147. The molecule has 0 aliphatic rings. The summed E-state index contributed by atoms with van der Waals surface area (Å²) >= 11 is 0. The average Bonchev–Trinajstić information content (AvgIpc) is 2.00. The molecule has 0 aromatic carbocycles. The maximum absolute atomic E-state index is 10.9. The second-order valence-corrected chi connectivity index (χ2v) is 2.48. The van der Waals surface area contributed by atoms with Crippen molar-refractivity contribution in [1.82, 2.24) is 0 Å². The molecule has 0 saturated carbocycles. The molecule has 11 heavy (non-hydrogen) atoms. The quantitative estimate of drug-likeness (QED) is 0.461. The lowest BCUT2D eigenvalue weighted by Gasteiger charge is -2.08. The summed E-state index contributed by atoms with van der Waals surface area (Å²) in [7, 11) is 0. The third-order valence-electron chi connectivity index (χ3n) is 1.43. The molecule has 0 fully saturated rings. The number of allylic oxidation sites excluding steroid dienone is 1. The Morgan fingerprint density at radius 3 is 2.73 bits per heavy atom. The molecule has 0 bridgehead atoms. The lowest BCUT2D eigenvalue weighted by atomic mass is 10.3. The van der Waals surface area contributed by atoms with Gasteiger partial charge in [-0.3, -0.25) is 4.79 Å². The minimum atomic E-state index is -0.141. The summed E-state index contributed by atoms with van der Waals surface area (Å²) in [5.74, 6) is -0.141. The van der Waals surface area contributed by atoms with Crippen molar-refractivity contribution >= 4 is 5.97 Å². The third-order valence-corrected chi connectivity index (χ3v) is 1.43. The molecule has 64 valence electrons. The van der Waals surface area contributed by atoms with Crippen molar-refractivity contribution in [2.45, 2.75) is 39.7 Å². The smallest absolute Gasteiger partial charge is 0.309 e. The Labute approximate surface area is 68.2 Å². The Morgan fingerprint density at radius 1 is 1.64 bits per heavy atom. The van der Waals surface area contributed by atoms with E-state index in [1.807, 2.05) is 26.8 Å². The fraction of sp³-hybridized carbons (Fsp3) is 0.667. The molecule has 1 unspecified atom stereocenters. The van der Waals surface area contributed by atoms with Crippen molar-refractivity contribution in [3.8, 4) is 0 Å². The lowest BCUT2D eigenvalue weighted by Crippen LogP contribution is -2.12. The Kier molecular flexibility index (Phi) is 5.53. The molecule has 2 nitrogen and oxygen atoms in total. The molecule has 0 aliphatic carbocycles. The van der Waals surface area contributed by atoms with Crippen LogP contribution >= 0.6 is 0 Å². The van der Waals surface area contributed by atoms with E-state index in [1.54, 1.807) is 6.08 Å². The summed E-state index contributed by atoms with van der Waals surface area (Å²) < 4.78 is 5.01. The number of esters is 1. The molecule has 0 rings (SSSR count). The van der Waals surface area contributed by atoms with Gasteiger partial charge in [-0.1, -0.05) is 19.1 Å². The second kappa shape index (κ2) is 5.96. The molecule has 2 heteroatoms. The van der Waals surface area contributed by atoms with Crippen molar-refractivity contribution in [3.63, 3.8) is 0 Å². The van der Waals surface area contributed by atoms with Crippen molar-refractivity contribution < 1.29 is 9.53 Å². The van der Waals surface area contributed by atoms with Gasteiger partial charge in [0.1, 0.15) is 0 Å². The zero-order valence-corrected chi connectivity index (χ0v) is 7.46. The maximum atomic E-state index is 10.9. The van der Waals surface area contributed by atoms with E-state index in [-0.39, 0.29) is 12.1 Å². The molecule has 0 aliphatic heterocycles. The number of hydrogen-bond acceptors (Lipinski definition) is 2. The van der Waals surface area contributed by atoms with Crippen LogP contribution in [0.4, 0.5) is 0 Å². The molecule has 0 saturated heterocycles. The van der Waals surface area contributed by atoms with E-state index in [0.717, 1.165) is 6.42 Å². The number of carbonyl (C=O) groups is 1. The first-order valence-electron chi connectivity index (χ1n) is 4.01. The SMILES string of the molecule is C/C=C/CC(=O)OC(C)CC. The highest BCUT2D eigenvalue weighted by Crippen LogP contribution is 1.98. The van der Waals surface area contributed by atoms with Crippen LogP contribution < -0.4 is 0 Å². The predicted molar refractivity (Wildman–Crippen MR) is 45.3 cm³/mol. The van der Waals surface area contributed by atoms with E-state index >= 15 is 0 Å². The largest absolute Gasteiger partial charge is 0.462 e. The minimum Gasteiger partial charge on any atom is -0.462 e. The zero-order chi connectivity index (χ0) is 8.69. The van der Waals surface area contributed by atoms with Gasteiger partial charge in [0.05, 0.1) is 12.5 Å². The van der Waals surface area contributed by atoms with Gasteiger partial charge in [0, 0.05) is 0 Å². The number of carbonyl (C=O) groups excluding carboxylic acids is 1. The van der Waals surface area contributed by atoms with Crippen LogP contribution in [0.5, 0.6) is 0 Å². The number of ether oxygens (including phenoxy) is 1. The molecule has 0 amide bonds. The van der Waals surface area contributed by atoms with Gasteiger partial charge in [-0.05, 0) is 20.3 Å². The van der Waals surface area contributed by atoms with E-state index in [0.29, 0.717) is 6.42 Å². The van der Waals surface area contributed by atoms with Gasteiger partial charge >= 0.3 is 5.97 Å². The Bertz CT molecular complexity index is 138. The van der Waals surface area contributed by atoms with Crippen LogP contribution in [-0.4, -0.2) is 12.1 Å². The van der Waals surface area contributed by atoms with E-state index in [9.17, 15) is 4.79 Å². The van der Waals surface area contributed by atoms with Gasteiger partial charge in [0.15, 0.2) is 0 Å². The van der Waals surface area contributed by atoms with Crippen molar-refractivity contribution in [3.05, 3.63) is 12.2 Å². The topological polar surface area (TPSA) is 26.3 Å². The molecular weight excluding hydrogens is 140 g/mol. The summed E-state index contributed by atoms with van der Waals surface area (Å²) in [4.78, 5) is 10.9. The van der Waals surface area contributed by atoms with E-state index in [2.05, 4.69) is 0 Å². The van der Waals surface area contributed by atoms with Crippen LogP contribution in [0.1, 0.15) is 33.6 Å². The summed E-state index contributed by atoms with van der Waals surface area (Å²) in [6, 6.07) is 0. The molecule has 0 aromatic rings. The van der Waals surface area contributed by atoms with E-state index < -0.39 is 0 Å². The van der Waals surface area contributed by atoms with Crippen LogP contribution in [0.2, 0.25) is 0 Å². The zero-order valence-electron chi connectivity index (χ0n) is 7.46. The van der Waals surface area contributed by atoms with Crippen LogP contribution in [-0.2, 0) is 9.53 Å². The van der Waals surface area contributed by atoms with Gasteiger partial charge in [-0.25, -0.2) is 0 Å². The standard InChI is InChI=1S/C9H16O2/c1-4-6-7-9(10)11-8(3)5-2/h4,6,8H,5,7H2,1-3H3/b6-4+. The highest BCUT2D eigenvalue weighted by Gasteiger charge is 2.04. The molecule has 0 N–H and O–H groups in total. The van der Waals surface area contributed by atoms with Gasteiger partial charge < -0.3 is 4.74 Å². The predicted octanol–water partition coefficient (Wildman–Crippen LogP) is 2.29. The fourth-order valence-electron chi connectivity index (χ4n) is 0.570. The Hall–Kier alpha value is -0.790. The van der Waals surface area contributed by atoms with Gasteiger partial charge in [-0.2, -0.15) is 0 Å². The summed E-state index contributed by atoms with van der Waals surface area (Å²) in [5, 5.41) is 0. The maximum Gasteiger partial charge on any atom is 0.309 e. The van der Waals surface area contributed by atoms with Crippen LogP contribution in [0.3, 0.4) is 0 Å². The van der Waals surface area contributed by atoms with Crippen LogP contribution in [0.15, 0.2) is 12.2 Å². The average molecular weight is 156 g/mol. The van der Waals surface area contributed by atoms with Crippen molar-refractivity contribution in [2.75, 3.05) is 0 Å². The van der Waals surface area contributed by atoms with E-state index in [4.69, 9.17) is 4.74 Å². The molecule has 0 radical (unpaired) electrons. The molecule has 0 heterocycles. The van der Waals surface area contributed by atoms with E-state index in [1.165, 1.54) is 0 Å². The number of rotatable bonds is 4. The highest BCUT2D eigenvalue weighted by atomic mass is 16.5. The Morgan fingerprint density at radius 2 is 2.27 bits per heavy atom. The first-order chi connectivity index (χ1) is 5.20. The third kappa shape index (κ3) is 5.64. The fourth-order valence-corrected chi connectivity index (χ4v) is 0.570. The summed E-state index contributed by atoms with van der Waals surface area (Å²) in [6.45, 7) is 5.78. The molecule has 0 spiro atoms. The van der Waals surface area contributed by atoms with Gasteiger partial charge in [-0.15, -0.1) is 0 Å². The summed E-state index contributed by atoms with van der Waals surface area (Å²) in [5.41, 5.74) is 0. The van der Waals surface area contributed by atoms with Crippen molar-refractivity contribution in [1.29, 1.82) is 0 Å². The second-order valence-electron chi connectivity index (χ2n) is 2.48. The minimum absolute atomic E-state index is 0.0488. The Balaban J connectivity index is 3.52. The first kappa shape index (κ1) is 10.2. The summed E-state index contributed by atoms with van der Waals surface area (Å²) in [6.07, 6.45) is 4.96. The molecule has 0 aromatic heterocycles. The van der Waals surface area contributed by atoms with Crippen LogP contribution in [0.25, 0.3) is 0 Å². The van der Waals surface area contributed by atoms with Crippen molar-refractivity contribution in [2.24, 2.45) is 0 Å². The monoisotopic (exact) mass is 156 g/mol. The normalized spacial score (nSPS) is 13.4. The number of hydrogen-bond donors (Lipinski definition) is 0. The van der Waals surface area contributed by atoms with Crippen LogP contribution in [0, 0.1) is 0 Å². The van der Waals surface area contributed by atoms with Gasteiger partial charge in [0.2, 0.25) is 0 Å². The molecular formula is C9H16O2. The first-order valence-corrected chi connectivity index (χ1v) is 4.01. The molecule has 1 atom stereocenters.